The number of hydrogen-bond donors (Lipinski definition) is 1. The van der Waals surface area contributed by atoms with Crippen molar-refractivity contribution in [3.63, 3.8) is 0 Å². The van der Waals surface area contributed by atoms with Gasteiger partial charge in [0.05, 0.1) is 0 Å². The van der Waals surface area contributed by atoms with Gasteiger partial charge in [-0.25, -0.2) is 9.97 Å². The maximum absolute atomic E-state index is 4.99. The molecule has 0 bridgehead atoms. The molecule has 0 spiro atoms. The molecule has 0 aliphatic heterocycles. The van der Waals surface area contributed by atoms with Gasteiger partial charge < -0.3 is 10.1 Å². The summed E-state index contributed by atoms with van der Waals surface area (Å²) < 4.78 is 4.99. The Labute approximate surface area is 100 Å². The van der Waals surface area contributed by atoms with E-state index in [9.17, 15) is 0 Å². The van der Waals surface area contributed by atoms with Crippen molar-refractivity contribution in [1.82, 2.24) is 15.0 Å². The van der Waals surface area contributed by atoms with E-state index in [0.29, 0.717) is 5.65 Å². The molecular formula is C12H16N4O. The Balaban J connectivity index is 1.90. The molecule has 0 aliphatic carbocycles. The van der Waals surface area contributed by atoms with E-state index in [2.05, 4.69) is 20.3 Å². The van der Waals surface area contributed by atoms with Crippen LogP contribution in [0.15, 0.2) is 24.5 Å². The third-order valence-electron chi connectivity index (χ3n) is 2.41. The zero-order valence-corrected chi connectivity index (χ0v) is 9.89. The number of hydrogen-bond acceptors (Lipinski definition) is 5. The first-order chi connectivity index (χ1) is 8.40. The van der Waals surface area contributed by atoms with Gasteiger partial charge in [0.2, 0.25) is 0 Å². The van der Waals surface area contributed by atoms with Gasteiger partial charge >= 0.3 is 0 Å². The van der Waals surface area contributed by atoms with Crippen LogP contribution in [0.5, 0.6) is 0 Å². The van der Waals surface area contributed by atoms with E-state index in [0.717, 1.165) is 37.3 Å². The zero-order chi connectivity index (χ0) is 11.9. The standard InChI is InChI=1S/C12H16N4O/c1-17-9-3-2-6-14-11-5-4-10-12(16-11)15-8-7-13-10/h4-5,7-8H,2-3,6,9H2,1H3,(H,14,15,16). The highest BCUT2D eigenvalue weighted by molar-refractivity contribution is 5.71. The van der Waals surface area contributed by atoms with Crippen molar-refractivity contribution in [3.8, 4) is 0 Å². The molecule has 0 aliphatic rings. The summed E-state index contributed by atoms with van der Waals surface area (Å²) >= 11 is 0. The van der Waals surface area contributed by atoms with Gasteiger partial charge in [0.25, 0.3) is 0 Å². The van der Waals surface area contributed by atoms with Crippen LogP contribution in [0, 0.1) is 0 Å². The molecule has 0 amide bonds. The minimum Gasteiger partial charge on any atom is -0.385 e. The van der Waals surface area contributed by atoms with Gasteiger partial charge in [-0.15, -0.1) is 0 Å². The summed E-state index contributed by atoms with van der Waals surface area (Å²) in [7, 11) is 1.72. The van der Waals surface area contributed by atoms with Gasteiger partial charge in [-0.1, -0.05) is 0 Å². The highest BCUT2D eigenvalue weighted by Gasteiger charge is 1.98. The molecule has 0 saturated heterocycles. The Morgan fingerprint density at radius 1 is 1.18 bits per heavy atom. The Kier molecular flexibility index (Phi) is 4.21. The lowest BCUT2D eigenvalue weighted by Gasteiger charge is -2.05. The van der Waals surface area contributed by atoms with Crippen LogP contribution in [0.4, 0.5) is 5.82 Å². The van der Waals surface area contributed by atoms with Crippen LogP contribution in [0.1, 0.15) is 12.8 Å². The van der Waals surface area contributed by atoms with Crippen molar-refractivity contribution in [3.05, 3.63) is 24.5 Å². The summed E-state index contributed by atoms with van der Waals surface area (Å²) in [5, 5.41) is 3.26. The quantitative estimate of drug-likeness (QED) is 0.770. The Bertz CT molecular complexity index is 475. The van der Waals surface area contributed by atoms with E-state index in [4.69, 9.17) is 4.74 Å². The molecule has 2 heterocycles. The fourth-order valence-corrected chi connectivity index (χ4v) is 1.54. The second kappa shape index (κ2) is 6.10. The number of unbranched alkanes of at least 4 members (excludes halogenated alkanes) is 1. The lowest BCUT2D eigenvalue weighted by atomic mass is 10.3. The summed E-state index contributed by atoms with van der Waals surface area (Å²) in [6, 6.07) is 3.85. The van der Waals surface area contributed by atoms with Crippen LogP contribution in [0.25, 0.3) is 11.2 Å². The van der Waals surface area contributed by atoms with Crippen molar-refractivity contribution in [2.45, 2.75) is 12.8 Å². The predicted molar refractivity (Wildman–Crippen MR) is 66.9 cm³/mol. The molecule has 5 nitrogen and oxygen atoms in total. The third kappa shape index (κ3) is 3.35. The van der Waals surface area contributed by atoms with Crippen LogP contribution in [0.2, 0.25) is 0 Å². The van der Waals surface area contributed by atoms with E-state index in [-0.39, 0.29) is 0 Å². The molecule has 2 rings (SSSR count). The van der Waals surface area contributed by atoms with Gasteiger partial charge in [0, 0.05) is 32.7 Å². The normalized spacial score (nSPS) is 10.6. The molecule has 2 aromatic rings. The van der Waals surface area contributed by atoms with Crippen molar-refractivity contribution in [2.75, 3.05) is 25.6 Å². The molecule has 0 radical (unpaired) electrons. The number of pyridine rings is 1. The van der Waals surface area contributed by atoms with Crippen molar-refractivity contribution >= 4 is 17.0 Å². The monoisotopic (exact) mass is 232 g/mol. The Hall–Kier alpha value is -1.75. The van der Waals surface area contributed by atoms with Crippen molar-refractivity contribution in [1.29, 1.82) is 0 Å². The van der Waals surface area contributed by atoms with Gasteiger partial charge in [-0.3, -0.25) is 4.98 Å². The minimum atomic E-state index is 0.675. The Morgan fingerprint density at radius 2 is 2.06 bits per heavy atom. The van der Waals surface area contributed by atoms with Crippen LogP contribution >= 0.6 is 0 Å². The molecule has 0 unspecified atom stereocenters. The van der Waals surface area contributed by atoms with Gasteiger partial charge in [0.15, 0.2) is 5.65 Å². The lowest BCUT2D eigenvalue weighted by molar-refractivity contribution is 0.194. The summed E-state index contributed by atoms with van der Waals surface area (Å²) in [5.41, 5.74) is 1.49. The summed E-state index contributed by atoms with van der Waals surface area (Å²) in [6.45, 7) is 1.69. The number of ether oxygens (including phenoxy) is 1. The molecule has 5 heteroatoms. The summed E-state index contributed by atoms with van der Waals surface area (Å²) in [6.07, 6.45) is 5.43. The highest BCUT2D eigenvalue weighted by Crippen LogP contribution is 2.09. The molecule has 0 fully saturated rings. The van der Waals surface area contributed by atoms with E-state index in [1.165, 1.54) is 0 Å². The molecule has 1 N–H and O–H groups in total. The highest BCUT2D eigenvalue weighted by atomic mass is 16.5. The number of rotatable bonds is 6. The summed E-state index contributed by atoms with van der Waals surface area (Å²) in [5.74, 6) is 0.843. The van der Waals surface area contributed by atoms with Gasteiger partial charge in [-0.2, -0.15) is 0 Å². The van der Waals surface area contributed by atoms with Crippen molar-refractivity contribution in [2.24, 2.45) is 0 Å². The maximum Gasteiger partial charge on any atom is 0.180 e. The molecule has 0 atom stereocenters. The number of methoxy groups -OCH3 is 1. The van der Waals surface area contributed by atoms with Gasteiger partial charge in [0.1, 0.15) is 11.3 Å². The molecule has 2 aromatic heterocycles. The first-order valence-electron chi connectivity index (χ1n) is 5.71. The topological polar surface area (TPSA) is 59.9 Å². The van der Waals surface area contributed by atoms with E-state index in [1.807, 2.05) is 12.1 Å². The number of anilines is 1. The Morgan fingerprint density at radius 3 is 2.94 bits per heavy atom. The average Bonchev–Trinajstić information content (AvgIpc) is 2.38. The second-order valence-electron chi connectivity index (χ2n) is 3.72. The number of aromatic nitrogens is 3. The number of fused-ring (bicyclic) bond motifs is 1. The van der Waals surface area contributed by atoms with Gasteiger partial charge in [-0.05, 0) is 25.0 Å². The average molecular weight is 232 g/mol. The lowest BCUT2D eigenvalue weighted by Crippen LogP contribution is -2.04. The summed E-state index contributed by atoms with van der Waals surface area (Å²) in [4.78, 5) is 12.7. The van der Waals surface area contributed by atoms with Crippen molar-refractivity contribution < 1.29 is 4.74 Å². The maximum atomic E-state index is 4.99. The first kappa shape index (κ1) is 11.7. The van der Waals surface area contributed by atoms with E-state index >= 15 is 0 Å². The van der Waals surface area contributed by atoms with Crippen LogP contribution in [-0.4, -0.2) is 35.2 Å². The molecule has 17 heavy (non-hydrogen) atoms. The third-order valence-corrected chi connectivity index (χ3v) is 2.41. The fourth-order valence-electron chi connectivity index (χ4n) is 1.54. The first-order valence-corrected chi connectivity index (χ1v) is 5.71. The SMILES string of the molecule is COCCCCNc1ccc2nccnc2n1. The largest absolute Gasteiger partial charge is 0.385 e. The van der Waals surface area contributed by atoms with E-state index in [1.54, 1.807) is 19.5 Å². The number of nitrogens with zero attached hydrogens (tertiary/aromatic N) is 3. The molecule has 0 saturated carbocycles. The number of nitrogens with one attached hydrogen (secondary N) is 1. The van der Waals surface area contributed by atoms with Crippen LogP contribution in [-0.2, 0) is 4.74 Å². The van der Waals surface area contributed by atoms with E-state index < -0.39 is 0 Å². The smallest absolute Gasteiger partial charge is 0.180 e. The second-order valence-corrected chi connectivity index (χ2v) is 3.72. The predicted octanol–water partition coefficient (Wildman–Crippen LogP) is 1.86. The molecule has 90 valence electrons. The zero-order valence-electron chi connectivity index (χ0n) is 9.89. The molecular weight excluding hydrogens is 216 g/mol. The van der Waals surface area contributed by atoms with Crippen LogP contribution in [0.3, 0.4) is 0 Å². The van der Waals surface area contributed by atoms with Crippen LogP contribution < -0.4 is 5.32 Å². The minimum absolute atomic E-state index is 0.675. The molecule has 0 aromatic carbocycles. The fraction of sp³-hybridized carbons (Fsp3) is 0.417.